The van der Waals surface area contributed by atoms with Crippen LogP contribution in [0, 0.1) is 0 Å². The molecule has 2 heterocycles. The van der Waals surface area contributed by atoms with Crippen LogP contribution in [0.15, 0.2) is 73.3 Å². The minimum Gasteiger partial charge on any atom is -0.397 e. The third kappa shape index (κ3) is 2.76. The number of aromatic nitrogens is 2. The first kappa shape index (κ1) is 14.1. The van der Waals surface area contributed by atoms with E-state index < -0.39 is 0 Å². The van der Waals surface area contributed by atoms with Gasteiger partial charge in [-0.2, -0.15) is 0 Å². The van der Waals surface area contributed by atoms with Gasteiger partial charge in [-0.15, -0.1) is 0 Å². The molecule has 0 radical (unpaired) electrons. The van der Waals surface area contributed by atoms with Gasteiger partial charge in [-0.3, -0.25) is 0 Å². The van der Waals surface area contributed by atoms with Crippen molar-refractivity contribution in [2.75, 3.05) is 10.6 Å². The number of para-hydroxylation sites is 2. The molecule has 0 aliphatic rings. The van der Waals surface area contributed by atoms with Crippen molar-refractivity contribution in [3.05, 3.63) is 73.3 Å². The molecule has 0 saturated heterocycles. The second-order valence-electron chi connectivity index (χ2n) is 5.34. The van der Waals surface area contributed by atoms with E-state index in [1.165, 1.54) is 0 Å². The Labute approximate surface area is 130 Å². The summed E-state index contributed by atoms with van der Waals surface area (Å²) in [6, 6.07) is 16.2. The molecule has 0 amide bonds. The van der Waals surface area contributed by atoms with Gasteiger partial charge in [-0.1, -0.05) is 12.1 Å². The van der Waals surface area contributed by atoms with Crippen LogP contribution in [-0.4, -0.2) is 0 Å². The topological polar surface area (TPSA) is 37.0 Å². The Balaban J connectivity index is 2.16. The Morgan fingerprint density at radius 1 is 0.727 bits per heavy atom. The fourth-order valence-corrected chi connectivity index (χ4v) is 2.40. The van der Waals surface area contributed by atoms with Gasteiger partial charge in [-0.25, -0.2) is 9.13 Å². The molecule has 3 aromatic rings. The highest BCUT2D eigenvalue weighted by molar-refractivity contribution is 5.82. The molecule has 22 heavy (non-hydrogen) atoms. The first-order valence-electron chi connectivity index (χ1n) is 7.20. The summed E-state index contributed by atoms with van der Waals surface area (Å²) in [6.07, 6.45) is 8.13. The quantitative estimate of drug-likeness (QED) is 0.594. The van der Waals surface area contributed by atoms with Crippen LogP contribution >= 0.6 is 0 Å². The van der Waals surface area contributed by atoms with E-state index >= 15 is 0 Å². The average molecular weight is 292 g/mol. The summed E-state index contributed by atoms with van der Waals surface area (Å²) in [5, 5.41) is 0. The highest BCUT2D eigenvalue weighted by Crippen LogP contribution is 2.36. The molecule has 4 heteroatoms. The molecule has 2 N–H and O–H groups in total. The number of anilines is 4. The highest BCUT2D eigenvalue weighted by Gasteiger charge is 2.16. The summed E-state index contributed by atoms with van der Waals surface area (Å²) in [5.74, 6) is 0. The molecule has 0 bridgehead atoms. The number of aryl methyl sites for hydroxylation is 2. The normalized spacial score (nSPS) is 10.5. The minimum absolute atomic E-state index is 0.754. The average Bonchev–Trinajstić information content (AvgIpc) is 2.53. The third-order valence-corrected chi connectivity index (χ3v) is 3.62. The van der Waals surface area contributed by atoms with Gasteiger partial charge in [0.25, 0.3) is 0 Å². The summed E-state index contributed by atoms with van der Waals surface area (Å²) < 4.78 is 4.03. The van der Waals surface area contributed by atoms with Crippen molar-refractivity contribution in [2.45, 2.75) is 0 Å². The van der Waals surface area contributed by atoms with Gasteiger partial charge in [0.2, 0.25) is 0 Å². The molecular weight excluding hydrogens is 272 g/mol. The number of rotatable bonds is 3. The van der Waals surface area contributed by atoms with E-state index in [2.05, 4.69) is 29.2 Å². The molecule has 0 aliphatic heterocycles. The van der Waals surface area contributed by atoms with Crippen LogP contribution < -0.4 is 19.8 Å². The molecule has 0 fully saturated rings. The zero-order chi connectivity index (χ0) is 15.5. The third-order valence-electron chi connectivity index (χ3n) is 3.62. The van der Waals surface area contributed by atoms with Crippen molar-refractivity contribution in [3.8, 4) is 0 Å². The molecule has 0 atom stereocenters. The number of hydrogen-bond donors (Lipinski definition) is 1. The summed E-state index contributed by atoms with van der Waals surface area (Å²) in [6.45, 7) is 0. The largest absolute Gasteiger partial charge is 0.397 e. The minimum atomic E-state index is 0.754. The van der Waals surface area contributed by atoms with E-state index in [1.54, 1.807) is 0 Å². The first-order valence-corrected chi connectivity index (χ1v) is 7.20. The fraction of sp³-hybridized carbons (Fsp3) is 0.111. The Kier molecular flexibility index (Phi) is 3.74. The maximum Gasteiger partial charge on any atom is 0.170 e. The standard InChI is InChI=1S/C18H20N4/c1-20-11-7-15(8-12-20)22(16-9-13-21(2)14-10-16)18-6-4-3-5-17(18)19/h3-14H,19H2,1-2H3/q+2. The van der Waals surface area contributed by atoms with Crippen molar-refractivity contribution in [2.24, 2.45) is 14.1 Å². The van der Waals surface area contributed by atoms with Gasteiger partial charge in [0.05, 0.1) is 22.7 Å². The Bertz CT molecular complexity index is 718. The second kappa shape index (κ2) is 5.85. The van der Waals surface area contributed by atoms with Gasteiger partial charge < -0.3 is 10.6 Å². The van der Waals surface area contributed by atoms with E-state index in [-0.39, 0.29) is 0 Å². The molecule has 0 spiro atoms. The van der Waals surface area contributed by atoms with Crippen molar-refractivity contribution in [1.82, 2.24) is 0 Å². The van der Waals surface area contributed by atoms with E-state index in [0.717, 1.165) is 22.7 Å². The molecule has 4 nitrogen and oxygen atoms in total. The lowest BCUT2D eigenvalue weighted by atomic mass is 10.2. The summed E-state index contributed by atoms with van der Waals surface area (Å²) in [5.41, 5.74) is 10.1. The van der Waals surface area contributed by atoms with Gasteiger partial charge >= 0.3 is 0 Å². The van der Waals surface area contributed by atoms with Crippen molar-refractivity contribution in [3.63, 3.8) is 0 Å². The lowest BCUT2D eigenvalue weighted by molar-refractivity contribution is -0.671. The van der Waals surface area contributed by atoms with Crippen molar-refractivity contribution >= 4 is 22.7 Å². The smallest absolute Gasteiger partial charge is 0.170 e. The summed E-state index contributed by atoms with van der Waals surface area (Å²) in [4.78, 5) is 2.16. The van der Waals surface area contributed by atoms with Gasteiger partial charge in [0, 0.05) is 24.3 Å². The first-order chi connectivity index (χ1) is 10.6. The van der Waals surface area contributed by atoms with E-state index in [1.807, 2.05) is 72.3 Å². The highest BCUT2D eigenvalue weighted by atomic mass is 15.2. The zero-order valence-electron chi connectivity index (χ0n) is 12.8. The molecule has 0 unspecified atom stereocenters. The Hall–Kier alpha value is -2.88. The van der Waals surface area contributed by atoms with Crippen LogP contribution in [0.2, 0.25) is 0 Å². The summed E-state index contributed by atoms with van der Waals surface area (Å²) in [7, 11) is 4.01. The number of nitrogens with two attached hydrogens (primary N) is 1. The van der Waals surface area contributed by atoms with Gasteiger partial charge in [0.15, 0.2) is 24.8 Å². The number of nitrogen functional groups attached to an aromatic ring is 1. The molecular formula is C18H20N4+2. The van der Waals surface area contributed by atoms with Crippen molar-refractivity contribution in [1.29, 1.82) is 0 Å². The predicted octanol–water partition coefficient (Wildman–Crippen LogP) is 2.39. The molecule has 1 aromatic carbocycles. The predicted molar refractivity (Wildman–Crippen MR) is 87.9 cm³/mol. The number of pyridine rings is 2. The Morgan fingerprint density at radius 2 is 1.18 bits per heavy atom. The van der Waals surface area contributed by atoms with Crippen LogP contribution in [0.4, 0.5) is 22.7 Å². The van der Waals surface area contributed by atoms with Crippen molar-refractivity contribution < 1.29 is 9.13 Å². The van der Waals surface area contributed by atoms with Crippen LogP contribution in [0.5, 0.6) is 0 Å². The molecule has 110 valence electrons. The maximum absolute atomic E-state index is 6.20. The van der Waals surface area contributed by atoms with Gasteiger partial charge in [-0.05, 0) is 12.1 Å². The SMILES string of the molecule is C[n+]1ccc(N(c2cc[n+](C)cc2)c2ccccc2N)cc1. The number of nitrogens with zero attached hydrogens (tertiary/aromatic N) is 3. The van der Waals surface area contributed by atoms with Crippen LogP contribution in [0.1, 0.15) is 0 Å². The molecule has 2 aromatic heterocycles. The molecule has 3 rings (SSSR count). The van der Waals surface area contributed by atoms with E-state index in [0.29, 0.717) is 0 Å². The van der Waals surface area contributed by atoms with Crippen LogP contribution in [-0.2, 0) is 14.1 Å². The zero-order valence-corrected chi connectivity index (χ0v) is 12.8. The Morgan fingerprint density at radius 3 is 1.64 bits per heavy atom. The fourth-order valence-electron chi connectivity index (χ4n) is 2.40. The number of hydrogen-bond acceptors (Lipinski definition) is 2. The summed E-state index contributed by atoms with van der Waals surface area (Å²) >= 11 is 0. The number of benzene rings is 1. The molecule has 0 saturated carbocycles. The maximum atomic E-state index is 6.20. The van der Waals surface area contributed by atoms with Crippen LogP contribution in [0.25, 0.3) is 0 Å². The monoisotopic (exact) mass is 292 g/mol. The van der Waals surface area contributed by atoms with Crippen LogP contribution in [0.3, 0.4) is 0 Å². The molecule has 0 aliphatic carbocycles. The lowest BCUT2D eigenvalue weighted by Crippen LogP contribution is -2.27. The van der Waals surface area contributed by atoms with E-state index in [9.17, 15) is 0 Å². The second-order valence-corrected chi connectivity index (χ2v) is 5.34. The van der Waals surface area contributed by atoms with Gasteiger partial charge in [0.1, 0.15) is 14.1 Å². The van der Waals surface area contributed by atoms with E-state index in [4.69, 9.17) is 5.73 Å². The lowest BCUT2D eigenvalue weighted by Gasteiger charge is -2.25.